The second-order valence-electron chi connectivity index (χ2n) is 7.03. The van der Waals surface area contributed by atoms with Gasteiger partial charge in [-0.3, -0.25) is 9.80 Å². The van der Waals surface area contributed by atoms with Gasteiger partial charge in [0.05, 0.1) is 0 Å². The predicted octanol–water partition coefficient (Wildman–Crippen LogP) is 4.95. The van der Waals surface area contributed by atoms with Crippen LogP contribution in [0.25, 0.3) is 12.2 Å². The fourth-order valence-corrected chi connectivity index (χ4v) is 3.24. The van der Waals surface area contributed by atoms with E-state index in [1.807, 2.05) is 24.3 Å². The fourth-order valence-electron chi connectivity index (χ4n) is 3.24. The monoisotopic (exact) mass is 382 g/mol. The van der Waals surface area contributed by atoms with Crippen LogP contribution in [0.4, 0.5) is 0 Å². The largest absolute Gasteiger partial charge is 0.508 e. The lowest BCUT2D eigenvalue weighted by molar-refractivity contribution is 0.291. The van der Waals surface area contributed by atoms with Crippen molar-refractivity contribution in [2.45, 2.75) is 40.8 Å². The summed E-state index contributed by atoms with van der Waals surface area (Å²) in [6.07, 6.45) is 4.11. The maximum atomic E-state index is 10.2. The molecule has 0 saturated heterocycles. The van der Waals surface area contributed by atoms with Crippen LogP contribution in [-0.4, -0.2) is 46.2 Å². The summed E-state index contributed by atoms with van der Waals surface area (Å²) in [7, 11) is 0. The molecule has 4 heteroatoms. The van der Waals surface area contributed by atoms with Gasteiger partial charge in [0.25, 0.3) is 0 Å². The molecule has 0 atom stereocenters. The van der Waals surface area contributed by atoms with Crippen molar-refractivity contribution in [2.75, 3.05) is 26.2 Å². The summed E-state index contributed by atoms with van der Waals surface area (Å²) < 4.78 is 0. The van der Waals surface area contributed by atoms with Crippen LogP contribution in [0.15, 0.2) is 36.4 Å². The molecule has 2 N–H and O–H groups in total. The van der Waals surface area contributed by atoms with Gasteiger partial charge < -0.3 is 10.2 Å². The van der Waals surface area contributed by atoms with Gasteiger partial charge in [-0.05, 0) is 61.6 Å². The zero-order chi connectivity index (χ0) is 20.5. The summed E-state index contributed by atoms with van der Waals surface area (Å²) in [6, 6.07) is 11.5. The topological polar surface area (TPSA) is 46.9 Å². The molecule has 4 nitrogen and oxygen atoms in total. The van der Waals surface area contributed by atoms with E-state index in [-0.39, 0.29) is 0 Å². The third kappa shape index (κ3) is 6.11. The minimum Gasteiger partial charge on any atom is -0.508 e. The van der Waals surface area contributed by atoms with Gasteiger partial charge in [0.2, 0.25) is 0 Å². The van der Waals surface area contributed by atoms with E-state index in [1.165, 1.54) is 0 Å². The molecule has 0 radical (unpaired) electrons. The Bertz CT molecular complexity index is 713. The molecule has 2 aromatic carbocycles. The highest BCUT2D eigenvalue weighted by Crippen LogP contribution is 2.24. The summed E-state index contributed by atoms with van der Waals surface area (Å²) >= 11 is 0. The molecule has 0 spiro atoms. The molecule has 0 fully saturated rings. The summed E-state index contributed by atoms with van der Waals surface area (Å²) in [5.41, 5.74) is 3.99. The van der Waals surface area contributed by atoms with Crippen LogP contribution >= 0.6 is 0 Å². The van der Waals surface area contributed by atoms with Crippen LogP contribution in [0.2, 0.25) is 0 Å². The van der Waals surface area contributed by atoms with Gasteiger partial charge in [-0.25, -0.2) is 0 Å². The van der Waals surface area contributed by atoms with E-state index < -0.39 is 0 Å². The summed E-state index contributed by atoms with van der Waals surface area (Å²) in [5, 5.41) is 20.3. The minimum atomic E-state index is 0.343. The van der Waals surface area contributed by atoms with E-state index in [9.17, 15) is 10.2 Å². The zero-order valence-corrected chi connectivity index (χ0v) is 17.7. The smallest absolute Gasteiger partial charge is 0.120 e. The van der Waals surface area contributed by atoms with Gasteiger partial charge >= 0.3 is 0 Å². The Labute approximate surface area is 169 Å². The number of phenols is 2. The van der Waals surface area contributed by atoms with Crippen molar-refractivity contribution in [2.24, 2.45) is 0 Å². The number of benzene rings is 2. The van der Waals surface area contributed by atoms with Gasteiger partial charge in [-0.15, -0.1) is 0 Å². The van der Waals surface area contributed by atoms with E-state index in [2.05, 4.69) is 49.6 Å². The quantitative estimate of drug-likeness (QED) is 0.571. The first-order chi connectivity index (χ1) is 13.5. The molecule has 152 valence electrons. The van der Waals surface area contributed by atoms with Gasteiger partial charge in [0.1, 0.15) is 11.5 Å². The molecule has 0 aliphatic heterocycles. The summed E-state index contributed by atoms with van der Waals surface area (Å²) in [6.45, 7) is 13.8. The van der Waals surface area contributed by atoms with Crippen molar-refractivity contribution < 1.29 is 10.2 Å². The highest BCUT2D eigenvalue weighted by molar-refractivity contribution is 5.71. The van der Waals surface area contributed by atoms with Crippen molar-refractivity contribution in [3.63, 3.8) is 0 Å². The Morgan fingerprint density at radius 2 is 1.00 bits per heavy atom. The molecule has 0 unspecified atom stereocenters. The van der Waals surface area contributed by atoms with Gasteiger partial charge in [-0.2, -0.15) is 0 Å². The lowest BCUT2D eigenvalue weighted by Gasteiger charge is -2.19. The standard InChI is InChI=1S/C24H34N2O2/c1-5-25(6-2)17-21-15-19(11-13-23(21)27)9-10-20-12-14-24(28)22(16-20)18-26(7-3)8-4/h9-16,27-28H,5-8,17-18H2,1-4H3/b10-9+. The molecule has 0 saturated carbocycles. The Morgan fingerprint density at radius 1 is 0.643 bits per heavy atom. The molecular formula is C24H34N2O2. The highest BCUT2D eigenvalue weighted by Gasteiger charge is 2.08. The van der Waals surface area contributed by atoms with Gasteiger partial charge in [0.15, 0.2) is 0 Å². The van der Waals surface area contributed by atoms with Crippen LogP contribution in [0.5, 0.6) is 11.5 Å². The second-order valence-corrected chi connectivity index (χ2v) is 7.03. The molecule has 0 amide bonds. The van der Waals surface area contributed by atoms with Crippen LogP contribution in [0, 0.1) is 0 Å². The normalized spacial score (nSPS) is 11.8. The first-order valence-electron chi connectivity index (χ1n) is 10.3. The Kier molecular flexibility index (Phi) is 8.55. The predicted molar refractivity (Wildman–Crippen MR) is 118 cm³/mol. The van der Waals surface area contributed by atoms with E-state index >= 15 is 0 Å². The third-order valence-electron chi connectivity index (χ3n) is 5.25. The first-order valence-corrected chi connectivity index (χ1v) is 10.3. The maximum absolute atomic E-state index is 10.2. The number of aromatic hydroxyl groups is 2. The molecule has 0 bridgehead atoms. The van der Waals surface area contributed by atoms with Crippen LogP contribution in [0.3, 0.4) is 0 Å². The molecule has 0 aliphatic rings. The third-order valence-corrected chi connectivity index (χ3v) is 5.25. The summed E-state index contributed by atoms with van der Waals surface area (Å²) in [4.78, 5) is 4.56. The highest BCUT2D eigenvalue weighted by atomic mass is 16.3. The zero-order valence-electron chi connectivity index (χ0n) is 17.7. The first kappa shape index (κ1) is 22.0. The number of phenolic OH excluding ortho intramolecular Hbond substituents is 2. The van der Waals surface area contributed by atoms with Gasteiger partial charge in [0, 0.05) is 24.2 Å². The molecule has 2 aromatic rings. The molecule has 2 rings (SSSR count). The van der Waals surface area contributed by atoms with Crippen molar-refractivity contribution in [1.82, 2.24) is 9.80 Å². The molecule has 0 aliphatic carbocycles. The van der Waals surface area contributed by atoms with Crippen LogP contribution in [-0.2, 0) is 13.1 Å². The van der Waals surface area contributed by atoms with Crippen LogP contribution < -0.4 is 0 Å². The average Bonchev–Trinajstić information content (AvgIpc) is 2.72. The Hall–Kier alpha value is -2.30. The molecular weight excluding hydrogens is 348 g/mol. The van der Waals surface area contributed by atoms with Crippen molar-refractivity contribution >= 4 is 12.2 Å². The van der Waals surface area contributed by atoms with E-state index in [0.717, 1.165) is 61.5 Å². The number of hydrogen-bond acceptors (Lipinski definition) is 4. The van der Waals surface area contributed by atoms with E-state index in [1.54, 1.807) is 12.1 Å². The summed E-state index contributed by atoms with van der Waals surface area (Å²) in [5.74, 6) is 0.686. The van der Waals surface area contributed by atoms with Crippen molar-refractivity contribution in [3.8, 4) is 11.5 Å². The second kappa shape index (κ2) is 10.9. The average molecular weight is 383 g/mol. The number of nitrogens with zero attached hydrogens (tertiary/aromatic N) is 2. The van der Waals surface area contributed by atoms with Crippen molar-refractivity contribution in [3.05, 3.63) is 58.7 Å². The lowest BCUT2D eigenvalue weighted by Crippen LogP contribution is -2.22. The van der Waals surface area contributed by atoms with E-state index in [0.29, 0.717) is 11.5 Å². The Morgan fingerprint density at radius 3 is 1.32 bits per heavy atom. The molecule has 0 aromatic heterocycles. The van der Waals surface area contributed by atoms with Crippen molar-refractivity contribution in [1.29, 1.82) is 0 Å². The number of rotatable bonds is 10. The molecule has 0 heterocycles. The minimum absolute atomic E-state index is 0.343. The number of hydrogen-bond donors (Lipinski definition) is 2. The van der Waals surface area contributed by atoms with Gasteiger partial charge in [-0.1, -0.05) is 52.0 Å². The lowest BCUT2D eigenvalue weighted by atomic mass is 10.1. The van der Waals surface area contributed by atoms with E-state index in [4.69, 9.17) is 0 Å². The van der Waals surface area contributed by atoms with Crippen LogP contribution in [0.1, 0.15) is 49.9 Å². The molecule has 28 heavy (non-hydrogen) atoms. The maximum Gasteiger partial charge on any atom is 0.120 e. The SMILES string of the molecule is CCN(CC)Cc1cc(/C=C/c2ccc(O)c(CN(CC)CC)c2)ccc1O. The Balaban J connectivity index is 2.19. The fraction of sp³-hybridized carbons (Fsp3) is 0.417.